The van der Waals surface area contributed by atoms with E-state index in [1.807, 2.05) is 6.92 Å². The molecule has 0 heterocycles. The molecule has 0 aromatic carbocycles. The van der Waals surface area contributed by atoms with E-state index in [2.05, 4.69) is 6.92 Å². The number of unbranched alkanes of at least 4 members (excludes halogenated alkanes) is 9. The lowest BCUT2D eigenvalue weighted by atomic mass is 10.0. The number of hydrogen-bond donors (Lipinski definition) is 2. The van der Waals surface area contributed by atoms with Crippen molar-refractivity contribution in [2.24, 2.45) is 0 Å². The largest absolute Gasteiger partial charge is 0.393 e. The summed E-state index contributed by atoms with van der Waals surface area (Å²) < 4.78 is 32.0. The fraction of sp³-hybridized carbons (Fsp3) is 1.00. The van der Waals surface area contributed by atoms with E-state index < -0.39 is 15.4 Å². The van der Waals surface area contributed by atoms with Crippen LogP contribution in [0.3, 0.4) is 0 Å². The summed E-state index contributed by atoms with van der Waals surface area (Å²) in [7, 11) is -3.89. The molecule has 4 nitrogen and oxygen atoms in total. The average molecular weight is 379 g/mol. The number of rotatable bonds is 18. The first-order valence-corrected chi connectivity index (χ1v) is 12.1. The highest BCUT2D eigenvalue weighted by Gasteiger charge is 2.21. The maximum absolute atomic E-state index is 11.4. The van der Waals surface area contributed by atoms with Gasteiger partial charge >= 0.3 is 0 Å². The lowest BCUT2D eigenvalue weighted by molar-refractivity contribution is 0.147. The van der Waals surface area contributed by atoms with E-state index in [4.69, 9.17) is 0 Å². The molecule has 0 aliphatic rings. The van der Waals surface area contributed by atoms with E-state index in [0.717, 1.165) is 64.2 Å². The van der Waals surface area contributed by atoms with Gasteiger partial charge in [-0.3, -0.25) is 4.55 Å². The second-order valence-electron chi connectivity index (χ2n) is 7.48. The van der Waals surface area contributed by atoms with Gasteiger partial charge in [-0.15, -0.1) is 0 Å². The van der Waals surface area contributed by atoms with Crippen molar-refractivity contribution >= 4 is 10.1 Å². The van der Waals surface area contributed by atoms with Gasteiger partial charge in [0.25, 0.3) is 10.1 Å². The number of aliphatic hydroxyl groups excluding tert-OH is 1. The highest BCUT2D eigenvalue weighted by Crippen LogP contribution is 2.18. The Morgan fingerprint density at radius 2 is 1.04 bits per heavy atom. The lowest BCUT2D eigenvalue weighted by Crippen LogP contribution is -2.20. The molecule has 0 bridgehead atoms. The van der Waals surface area contributed by atoms with Crippen LogP contribution in [0.5, 0.6) is 0 Å². The summed E-state index contributed by atoms with van der Waals surface area (Å²) in [6, 6.07) is 0. The highest BCUT2D eigenvalue weighted by molar-refractivity contribution is 7.86. The van der Waals surface area contributed by atoms with Crippen molar-refractivity contribution in [2.45, 2.75) is 128 Å². The first-order chi connectivity index (χ1) is 11.9. The van der Waals surface area contributed by atoms with Gasteiger partial charge in [0, 0.05) is 0 Å². The molecule has 0 radical (unpaired) electrons. The minimum absolute atomic E-state index is 0.153. The van der Waals surface area contributed by atoms with Gasteiger partial charge in [0.15, 0.2) is 0 Å². The molecule has 25 heavy (non-hydrogen) atoms. The topological polar surface area (TPSA) is 74.6 Å². The van der Waals surface area contributed by atoms with Crippen LogP contribution in [0.25, 0.3) is 0 Å². The van der Waals surface area contributed by atoms with Crippen LogP contribution in [-0.2, 0) is 10.1 Å². The summed E-state index contributed by atoms with van der Waals surface area (Å²) in [6.45, 7) is 4.24. The summed E-state index contributed by atoms with van der Waals surface area (Å²) in [5, 5.41) is 9.38. The Morgan fingerprint density at radius 1 is 0.640 bits per heavy atom. The predicted octanol–water partition coefficient (Wildman–Crippen LogP) is 5.89. The minimum atomic E-state index is -3.89. The van der Waals surface area contributed by atoms with Gasteiger partial charge in [-0.1, -0.05) is 90.9 Å². The third-order valence-electron chi connectivity index (χ3n) is 5.01. The van der Waals surface area contributed by atoms with Gasteiger partial charge in [0.2, 0.25) is 0 Å². The molecule has 2 unspecified atom stereocenters. The molecule has 0 spiro atoms. The molecule has 152 valence electrons. The summed E-state index contributed by atoms with van der Waals surface area (Å²) in [5.74, 6) is 0. The number of aliphatic hydroxyl groups is 1. The van der Waals surface area contributed by atoms with Crippen LogP contribution in [-0.4, -0.2) is 29.4 Å². The fourth-order valence-electron chi connectivity index (χ4n) is 3.28. The van der Waals surface area contributed by atoms with Crippen LogP contribution in [0, 0.1) is 0 Å². The van der Waals surface area contributed by atoms with Gasteiger partial charge in [-0.2, -0.15) is 8.42 Å². The highest BCUT2D eigenvalue weighted by atomic mass is 32.2. The molecule has 0 aromatic heterocycles. The molecule has 2 N–H and O–H groups in total. The molecule has 2 atom stereocenters. The minimum Gasteiger partial charge on any atom is -0.393 e. The Hall–Kier alpha value is -0.130. The third-order valence-corrected chi connectivity index (χ3v) is 6.32. The molecule has 0 amide bonds. The maximum Gasteiger partial charge on any atom is 0.267 e. The van der Waals surface area contributed by atoms with E-state index >= 15 is 0 Å². The molecular formula is C20H42O4S. The van der Waals surface area contributed by atoms with Gasteiger partial charge < -0.3 is 5.11 Å². The van der Waals surface area contributed by atoms with E-state index in [1.165, 1.54) is 25.7 Å². The zero-order chi connectivity index (χ0) is 19.0. The van der Waals surface area contributed by atoms with E-state index in [1.54, 1.807) is 0 Å². The normalized spacial score (nSPS) is 14.6. The predicted molar refractivity (Wildman–Crippen MR) is 107 cm³/mol. The zero-order valence-corrected chi connectivity index (χ0v) is 17.4. The molecule has 0 saturated carbocycles. The van der Waals surface area contributed by atoms with Crippen molar-refractivity contribution in [1.29, 1.82) is 0 Å². The van der Waals surface area contributed by atoms with E-state index in [9.17, 15) is 18.1 Å². The summed E-state index contributed by atoms with van der Waals surface area (Å²) in [5.41, 5.74) is 0. The van der Waals surface area contributed by atoms with Crippen LogP contribution >= 0.6 is 0 Å². The van der Waals surface area contributed by atoms with Crippen LogP contribution < -0.4 is 0 Å². The van der Waals surface area contributed by atoms with Crippen LogP contribution in [0.2, 0.25) is 0 Å². The Morgan fingerprint density at radius 3 is 1.52 bits per heavy atom. The van der Waals surface area contributed by atoms with Crippen molar-refractivity contribution in [1.82, 2.24) is 0 Å². The Labute approximate surface area is 156 Å². The molecule has 0 saturated heterocycles. The van der Waals surface area contributed by atoms with Crippen LogP contribution in [0.15, 0.2) is 0 Å². The summed E-state index contributed by atoms with van der Waals surface area (Å²) >= 11 is 0. The molecule has 0 aromatic rings. The second-order valence-corrected chi connectivity index (χ2v) is 9.18. The van der Waals surface area contributed by atoms with Gasteiger partial charge in [0.1, 0.15) is 0 Å². The molecule has 0 aliphatic heterocycles. The Balaban J connectivity index is 3.58. The Bertz CT molecular complexity index is 381. The van der Waals surface area contributed by atoms with E-state index in [-0.39, 0.29) is 6.10 Å². The summed E-state index contributed by atoms with van der Waals surface area (Å²) in [4.78, 5) is 0. The quantitative estimate of drug-likeness (QED) is 0.230. The van der Waals surface area contributed by atoms with Crippen LogP contribution in [0.4, 0.5) is 0 Å². The number of hydrogen-bond acceptors (Lipinski definition) is 3. The molecule has 0 fully saturated rings. The third kappa shape index (κ3) is 15.8. The fourth-order valence-corrected chi connectivity index (χ4v) is 4.21. The maximum atomic E-state index is 11.4. The second kappa shape index (κ2) is 16.1. The van der Waals surface area contributed by atoms with Gasteiger partial charge in [-0.25, -0.2) is 0 Å². The average Bonchev–Trinajstić information content (AvgIpc) is 2.55. The first-order valence-electron chi connectivity index (χ1n) is 10.6. The SMILES string of the molecule is CCCCCCCC(O)CCCCCCCC(CCCC)S(=O)(=O)O. The molecule has 0 aliphatic carbocycles. The molecule has 5 heteroatoms. The van der Waals surface area contributed by atoms with Crippen molar-refractivity contribution in [2.75, 3.05) is 0 Å². The first kappa shape index (κ1) is 24.9. The smallest absolute Gasteiger partial charge is 0.267 e. The lowest BCUT2D eigenvalue weighted by Gasteiger charge is -2.13. The van der Waals surface area contributed by atoms with E-state index in [0.29, 0.717) is 12.8 Å². The van der Waals surface area contributed by atoms with Crippen molar-refractivity contribution in [3.63, 3.8) is 0 Å². The van der Waals surface area contributed by atoms with Gasteiger partial charge in [0.05, 0.1) is 11.4 Å². The zero-order valence-electron chi connectivity index (χ0n) is 16.6. The molecule has 0 rings (SSSR count). The van der Waals surface area contributed by atoms with Crippen LogP contribution in [0.1, 0.15) is 117 Å². The monoisotopic (exact) mass is 378 g/mol. The molecular weight excluding hydrogens is 336 g/mol. The van der Waals surface area contributed by atoms with Crippen molar-refractivity contribution in [3.8, 4) is 0 Å². The van der Waals surface area contributed by atoms with Gasteiger partial charge in [-0.05, 0) is 25.7 Å². The van der Waals surface area contributed by atoms with Crippen molar-refractivity contribution in [3.05, 3.63) is 0 Å². The summed E-state index contributed by atoms with van der Waals surface area (Å²) in [6.07, 6.45) is 15.9. The van der Waals surface area contributed by atoms with Crippen molar-refractivity contribution < 1.29 is 18.1 Å². The Kier molecular flexibility index (Phi) is 16.0. The standard InChI is InChI=1S/C20H42O4S/c1-3-5-7-9-12-15-19(21)16-13-10-8-11-14-18-20(17-6-4-2)25(22,23)24/h19-21H,3-18H2,1-2H3,(H,22,23,24).